The fourth-order valence-electron chi connectivity index (χ4n) is 3.37. The van der Waals surface area contributed by atoms with Crippen molar-refractivity contribution in [3.05, 3.63) is 77.6 Å². The van der Waals surface area contributed by atoms with E-state index in [0.717, 1.165) is 11.8 Å². The molecule has 1 saturated heterocycles. The molecule has 1 aliphatic rings. The first-order chi connectivity index (χ1) is 13.4. The number of hydrogen-bond acceptors (Lipinski definition) is 3. The fourth-order valence-corrected chi connectivity index (χ4v) is 3.37. The molecule has 146 valence electrons. The van der Waals surface area contributed by atoms with Gasteiger partial charge in [-0.15, -0.1) is 0 Å². The summed E-state index contributed by atoms with van der Waals surface area (Å²) in [5.41, 5.74) is 1.52. The summed E-state index contributed by atoms with van der Waals surface area (Å²) in [4.78, 5) is 4.29. The van der Waals surface area contributed by atoms with E-state index in [1.807, 2.05) is 22.9 Å². The summed E-state index contributed by atoms with van der Waals surface area (Å²) >= 11 is 0. The van der Waals surface area contributed by atoms with E-state index in [1.54, 1.807) is 13.1 Å². The van der Waals surface area contributed by atoms with Crippen molar-refractivity contribution in [1.82, 2.24) is 9.55 Å². The van der Waals surface area contributed by atoms with Gasteiger partial charge in [-0.25, -0.2) is 13.8 Å². The molecular formula is C22H22F2N2O2. The Morgan fingerprint density at radius 3 is 2.43 bits per heavy atom. The summed E-state index contributed by atoms with van der Waals surface area (Å²) < 4.78 is 41.0. The lowest BCUT2D eigenvalue weighted by Crippen LogP contribution is -2.32. The van der Waals surface area contributed by atoms with Crippen LogP contribution in [0.1, 0.15) is 37.8 Å². The van der Waals surface area contributed by atoms with Gasteiger partial charge in [0, 0.05) is 24.0 Å². The van der Waals surface area contributed by atoms with E-state index in [0.29, 0.717) is 24.1 Å². The molecule has 0 saturated carbocycles. The topological polar surface area (TPSA) is 39.6 Å². The minimum absolute atomic E-state index is 0.292. The average Bonchev–Trinajstić information content (AvgIpc) is 3.34. The number of nitrogens with zero attached hydrogens (tertiary/aromatic N) is 2. The number of ether oxygens (including phenoxy) is 2. The minimum Gasteiger partial charge on any atom is -0.458 e. The maximum atomic E-state index is 14.3. The Labute approximate surface area is 162 Å². The zero-order valence-electron chi connectivity index (χ0n) is 16.0. The third-order valence-corrected chi connectivity index (χ3v) is 5.23. The van der Waals surface area contributed by atoms with Gasteiger partial charge in [-0.1, -0.05) is 32.0 Å². The number of epoxide rings is 1. The molecule has 1 fully saturated rings. The van der Waals surface area contributed by atoms with Gasteiger partial charge in [0.1, 0.15) is 17.7 Å². The molecule has 0 bridgehead atoms. The van der Waals surface area contributed by atoms with Gasteiger partial charge in [-0.3, -0.25) is 4.57 Å². The smallest absolute Gasteiger partial charge is 0.301 e. The molecule has 0 radical (unpaired) electrons. The van der Waals surface area contributed by atoms with E-state index < -0.39 is 23.3 Å². The van der Waals surface area contributed by atoms with Crippen LogP contribution in [0.5, 0.6) is 6.01 Å². The third-order valence-electron chi connectivity index (χ3n) is 5.23. The highest BCUT2D eigenvalue weighted by Crippen LogP contribution is 2.44. The first-order valence-electron chi connectivity index (χ1n) is 9.30. The van der Waals surface area contributed by atoms with Crippen molar-refractivity contribution >= 4 is 0 Å². The van der Waals surface area contributed by atoms with Crippen LogP contribution in [0, 0.1) is 11.6 Å². The van der Waals surface area contributed by atoms with Gasteiger partial charge in [0.25, 0.3) is 0 Å². The summed E-state index contributed by atoms with van der Waals surface area (Å²) in [7, 11) is 0. The molecule has 2 aromatic carbocycles. The SMILES string of the molecule is CC(C)c1ccc(-n2ccnc2O[C@H](C)[C@@]2(c3ccc(F)cc3F)CO2)cc1. The number of benzene rings is 2. The summed E-state index contributed by atoms with van der Waals surface area (Å²) in [5.74, 6) is -0.809. The maximum Gasteiger partial charge on any atom is 0.301 e. The predicted molar refractivity (Wildman–Crippen MR) is 102 cm³/mol. The Morgan fingerprint density at radius 2 is 1.82 bits per heavy atom. The zero-order valence-corrected chi connectivity index (χ0v) is 16.0. The highest BCUT2D eigenvalue weighted by Gasteiger charge is 2.54. The van der Waals surface area contributed by atoms with E-state index in [4.69, 9.17) is 9.47 Å². The lowest BCUT2D eigenvalue weighted by Gasteiger charge is -2.22. The van der Waals surface area contributed by atoms with Crippen molar-refractivity contribution in [3.63, 3.8) is 0 Å². The van der Waals surface area contributed by atoms with Crippen LogP contribution in [0.15, 0.2) is 54.9 Å². The first-order valence-corrected chi connectivity index (χ1v) is 9.30. The predicted octanol–water partition coefficient (Wildman–Crippen LogP) is 4.97. The van der Waals surface area contributed by atoms with Crippen LogP contribution >= 0.6 is 0 Å². The largest absolute Gasteiger partial charge is 0.458 e. The number of aromatic nitrogens is 2. The van der Waals surface area contributed by atoms with Crippen LogP contribution in [0.25, 0.3) is 5.69 Å². The molecule has 0 unspecified atom stereocenters. The zero-order chi connectivity index (χ0) is 19.9. The second-order valence-electron chi connectivity index (χ2n) is 7.39. The van der Waals surface area contributed by atoms with Gasteiger partial charge in [0.2, 0.25) is 0 Å². The van der Waals surface area contributed by atoms with Crippen LogP contribution in [0.2, 0.25) is 0 Å². The Kier molecular flexibility index (Phi) is 4.67. The number of rotatable bonds is 6. The van der Waals surface area contributed by atoms with Gasteiger partial charge in [-0.05, 0) is 36.6 Å². The van der Waals surface area contributed by atoms with Gasteiger partial charge in [0.15, 0.2) is 5.60 Å². The minimum atomic E-state index is -0.934. The lowest BCUT2D eigenvalue weighted by atomic mass is 9.94. The van der Waals surface area contributed by atoms with E-state index in [9.17, 15) is 8.78 Å². The molecule has 4 rings (SSSR count). The first kappa shape index (κ1) is 18.6. The Bertz CT molecular complexity index is 978. The molecule has 2 atom stereocenters. The molecule has 1 aliphatic heterocycles. The monoisotopic (exact) mass is 384 g/mol. The Hall–Kier alpha value is -2.73. The van der Waals surface area contributed by atoms with Crippen LogP contribution in [0.3, 0.4) is 0 Å². The molecule has 0 spiro atoms. The molecule has 4 nitrogen and oxygen atoms in total. The highest BCUT2D eigenvalue weighted by atomic mass is 19.1. The van der Waals surface area contributed by atoms with Gasteiger partial charge in [-0.2, -0.15) is 0 Å². The summed E-state index contributed by atoms with van der Waals surface area (Å²) in [6.07, 6.45) is 2.95. The van der Waals surface area contributed by atoms with Gasteiger partial charge in [0.05, 0.1) is 12.3 Å². The van der Waals surface area contributed by atoms with Crippen molar-refractivity contribution in [2.24, 2.45) is 0 Å². The van der Waals surface area contributed by atoms with E-state index in [1.165, 1.54) is 17.7 Å². The molecule has 3 aromatic rings. The quantitative estimate of drug-likeness (QED) is 0.564. The normalized spacial score (nSPS) is 19.6. The molecule has 28 heavy (non-hydrogen) atoms. The van der Waals surface area contributed by atoms with Crippen LogP contribution in [0.4, 0.5) is 8.78 Å². The third kappa shape index (κ3) is 3.29. The second-order valence-corrected chi connectivity index (χ2v) is 7.39. The molecule has 0 amide bonds. The number of halogens is 2. The summed E-state index contributed by atoms with van der Waals surface area (Å²) in [5, 5.41) is 0. The van der Waals surface area contributed by atoms with Crippen molar-refractivity contribution in [2.45, 2.75) is 38.4 Å². The van der Waals surface area contributed by atoms with Gasteiger partial charge >= 0.3 is 6.01 Å². The standard InChI is InChI=1S/C22H22F2N2O2/c1-14(2)16-4-7-18(8-5-16)26-11-10-25-21(26)28-15(3)22(13-27-22)19-9-6-17(23)12-20(19)24/h4-12,14-15H,13H2,1-3H3/t15-,22-/m1/s1. The van der Waals surface area contributed by atoms with Crippen molar-refractivity contribution in [1.29, 1.82) is 0 Å². The molecule has 0 N–H and O–H groups in total. The van der Waals surface area contributed by atoms with Crippen LogP contribution in [-0.4, -0.2) is 22.3 Å². The number of hydrogen-bond donors (Lipinski definition) is 0. The highest BCUT2D eigenvalue weighted by molar-refractivity contribution is 5.38. The molecule has 2 heterocycles. The molecule has 6 heteroatoms. The Morgan fingerprint density at radius 1 is 1.11 bits per heavy atom. The maximum absolute atomic E-state index is 14.3. The van der Waals surface area contributed by atoms with Crippen LogP contribution < -0.4 is 4.74 Å². The molecule has 0 aliphatic carbocycles. The average molecular weight is 384 g/mol. The molecular weight excluding hydrogens is 362 g/mol. The van der Waals surface area contributed by atoms with Crippen molar-refractivity contribution in [3.8, 4) is 11.7 Å². The van der Waals surface area contributed by atoms with Crippen molar-refractivity contribution in [2.75, 3.05) is 6.61 Å². The summed E-state index contributed by atoms with van der Waals surface area (Å²) in [6, 6.07) is 12.1. The van der Waals surface area contributed by atoms with E-state index in [-0.39, 0.29) is 0 Å². The Balaban J connectivity index is 1.58. The van der Waals surface area contributed by atoms with Crippen LogP contribution in [-0.2, 0) is 10.3 Å². The second kappa shape index (κ2) is 7.02. The van der Waals surface area contributed by atoms with Crippen molar-refractivity contribution < 1.29 is 18.3 Å². The fraction of sp³-hybridized carbons (Fsp3) is 0.318. The van der Waals surface area contributed by atoms with E-state index >= 15 is 0 Å². The lowest BCUT2D eigenvalue weighted by molar-refractivity contribution is 0.0964. The molecule has 1 aromatic heterocycles. The van der Waals surface area contributed by atoms with Gasteiger partial charge < -0.3 is 9.47 Å². The number of imidazole rings is 1. The summed E-state index contributed by atoms with van der Waals surface area (Å²) in [6.45, 7) is 6.40. The van der Waals surface area contributed by atoms with E-state index in [2.05, 4.69) is 31.0 Å².